The van der Waals surface area contributed by atoms with Gasteiger partial charge in [0.15, 0.2) is 0 Å². The molecule has 220 valence electrons. The molecule has 2 aromatic carbocycles. The van der Waals surface area contributed by atoms with Crippen LogP contribution < -0.4 is 16.0 Å². The van der Waals surface area contributed by atoms with Crippen LogP contribution in [0.2, 0.25) is 0 Å². The summed E-state index contributed by atoms with van der Waals surface area (Å²) in [6, 6.07) is 11.1. The fourth-order valence-corrected chi connectivity index (χ4v) is 4.00. The number of benzene rings is 2. The van der Waals surface area contributed by atoms with Crippen molar-refractivity contribution in [2.75, 3.05) is 30.0 Å². The van der Waals surface area contributed by atoms with Crippen molar-refractivity contribution in [1.82, 2.24) is 0 Å². The molecule has 0 saturated carbocycles. The second-order valence-corrected chi connectivity index (χ2v) is 9.81. The van der Waals surface area contributed by atoms with Gasteiger partial charge in [-0.2, -0.15) is 4.99 Å². The molecule has 0 unspecified atom stereocenters. The van der Waals surface area contributed by atoms with Crippen molar-refractivity contribution in [3.05, 3.63) is 58.7 Å². The van der Waals surface area contributed by atoms with Gasteiger partial charge in [-0.3, -0.25) is 9.59 Å². The average molecular weight is 563 g/mol. The van der Waals surface area contributed by atoms with E-state index in [-0.39, 0.29) is 36.6 Å². The molecule has 9 nitrogen and oxygen atoms in total. The zero-order chi connectivity index (χ0) is 30.4. The number of nitrogens with two attached hydrogens (primary N) is 1. The van der Waals surface area contributed by atoms with Gasteiger partial charge in [-0.05, 0) is 88.6 Å². The molecule has 0 heterocycles. The highest BCUT2D eigenvalue weighted by Gasteiger charge is 2.22. The Morgan fingerprint density at radius 3 is 2.37 bits per heavy atom. The maximum absolute atomic E-state index is 13.0. The zero-order valence-corrected chi connectivity index (χ0v) is 25.0. The molecule has 3 N–H and O–H groups in total. The molecular weight excluding hydrogens is 520 g/mol. The lowest BCUT2D eigenvalue weighted by Crippen LogP contribution is -2.37. The lowest BCUT2D eigenvalue weighted by atomic mass is 10.0. The van der Waals surface area contributed by atoms with Gasteiger partial charge >= 0.3 is 12.1 Å². The van der Waals surface area contributed by atoms with Crippen molar-refractivity contribution in [3.63, 3.8) is 0 Å². The zero-order valence-electron chi connectivity index (χ0n) is 25.0. The Kier molecular flexibility index (Phi) is 13.4. The number of hydrogen-bond donors (Lipinski definition) is 2. The summed E-state index contributed by atoms with van der Waals surface area (Å²) in [4.78, 5) is 42.0. The van der Waals surface area contributed by atoms with Crippen LogP contribution in [0, 0.1) is 25.7 Å². The van der Waals surface area contributed by atoms with Crippen molar-refractivity contribution in [2.24, 2.45) is 10.7 Å². The number of esters is 1. The third-order valence-corrected chi connectivity index (χ3v) is 6.16. The Bertz CT molecular complexity index is 1290. The lowest BCUT2D eigenvalue weighted by molar-refractivity contribution is -0.144. The highest BCUT2D eigenvalue weighted by atomic mass is 16.5. The van der Waals surface area contributed by atoms with Gasteiger partial charge in [-0.25, -0.2) is 4.79 Å². The van der Waals surface area contributed by atoms with Crippen molar-refractivity contribution >= 4 is 35.2 Å². The van der Waals surface area contributed by atoms with Crippen molar-refractivity contribution in [3.8, 4) is 11.8 Å². The molecule has 0 aliphatic rings. The van der Waals surface area contributed by atoms with Crippen LogP contribution in [0.15, 0.2) is 41.4 Å². The second kappa shape index (κ2) is 16.7. The van der Waals surface area contributed by atoms with E-state index in [1.54, 1.807) is 24.0 Å². The number of nitrogens with one attached hydrogen (secondary N) is 1. The fraction of sp³-hybridized carbons (Fsp3) is 0.438. The standard InChI is InChI=1S/C32H42N4O5/c1-7-9-19-41-32(39)35-31(33)25-12-14-27(15-13-25)34-18-10-11-26-20-24(6)28(21-23(26)5)36(22(3)4)29(37)16-17-30(38)40-8-2/h12-15,20-22,34H,7-9,16-19H2,1-6H3,(H2,33,35,39). The van der Waals surface area contributed by atoms with Crippen LogP contribution in [0.1, 0.15) is 75.6 Å². The molecular formula is C32H42N4O5. The predicted octanol–water partition coefficient (Wildman–Crippen LogP) is 5.49. The Morgan fingerprint density at radius 2 is 1.73 bits per heavy atom. The van der Waals surface area contributed by atoms with E-state index in [4.69, 9.17) is 15.2 Å². The SMILES string of the molecule is CCCCOC(=O)N=C(N)c1ccc(NCC#Cc2cc(C)c(N(C(=O)CCC(=O)OCC)C(C)C)cc2C)cc1. The molecule has 2 rings (SSSR count). The van der Waals surface area contributed by atoms with Crippen LogP contribution in [0.4, 0.5) is 16.2 Å². The van der Waals surface area contributed by atoms with Crippen LogP contribution >= 0.6 is 0 Å². The highest BCUT2D eigenvalue weighted by molar-refractivity contribution is 6.03. The third-order valence-electron chi connectivity index (χ3n) is 6.16. The van der Waals surface area contributed by atoms with E-state index in [0.29, 0.717) is 25.3 Å². The number of hydrogen-bond acceptors (Lipinski definition) is 6. The number of carbonyl (C=O) groups is 3. The molecule has 0 aliphatic heterocycles. The first-order valence-electron chi connectivity index (χ1n) is 14.0. The van der Waals surface area contributed by atoms with Gasteiger partial charge in [0.05, 0.1) is 26.2 Å². The number of aryl methyl sites for hydroxylation is 2. The van der Waals surface area contributed by atoms with Crippen LogP contribution in [-0.2, 0) is 19.1 Å². The molecule has 0 saturated heterocycles. The second-order valence-electron chi connectivity index (χ2n) is 9.81. The summed E-state index contributed by atoms with van der Waals surface area (Å²) < 4.78 is 9.97. The number of aliphatic imine (C=N–C) groups is 1. The smallest absolute Gasteiger partial charge is 0.435 e. The van der Waals surface area contributed by atoms with E-state index in [1.807, 2.05) is 58.9 Å². The molecule has 0 aromatic heterocycles. The summed E-state index contributed by atoms with van der Waals surface area (Å²) >= 11 is 0. The van der Waals surface area contributed by atoms with E-state index in [1.165, 1.54) is 0 Å². The molecule has 0 bridgehead atoms. The van der Waals surface area contributed by atoms with Gasteiger partial charge in [0.2, 0.25) is 5.91 Å². The first kappa shape index (κ1) is 32.9. The normalized spacial score (nSPS) is 11.0. The number of anilines is 2. The van der Waals surface area contributed by atoms with E-state index in [9.17, 15) is 14.4 Å². The van der Waals surface area contributed by atoms with Crippen molar-refractivity contribution in [1.29, 1.82) is 0 Å². The molecule has 0 radical (unpaired) electrons. The van der Waals surface area contributed by atoms with Gasteiger partial charge in [0.1, 0.15) is 5.84 Å². The average Bonchev–Trinajstić information content (AvgIpc) is 2.92. The Balaban J connectivity index is 2.03. The topological polar surface area (TPSA) is 123 Å². The summed E-state index contributed by atoms with van der Waals surface area (Å²) in [5, 5.41) is 3.25. The minimum absolute atomic E-state index is 0.0575. The number of carbonyl (C=O) groups excluding carboxylic acids is 3. The first-order valence-corrected chi connectivity index (χ1v) is 14.0. The predicted molar refractivity (Wildman–Crippen MR) is 163 cm³/mol. The summed E-state index contributed by atoms with van der Waals surface area (Å²) in [7, 11) is 0. The van der Waals surface area contributed by atoms with Crippen LogP contribution in [0.25, 0.3) is 0 Å². The molecule has 41 heavy (non-hydrogen) atoms. The first-order chi connectivity index (χ1) is 19.6. The van der Waals surface area contributed by atoms with Gasteiger partial charge < -0.3 is 25.4 Å². The quantitative estimate of drug-likeness (QED) is 0.115. The number of amides is 2. The molecule has 9 heteroatoms. The highest BCUT2D eigenvalue weighted by Crippen LogP contribution is 2.27. The maximum atomic E-state index is 13.0. The number of unbranched alkanes of at least 4 members (excludes halogenated alkanes) is 1. The van der Waals surface area contributed by atoms with Gasteiger partial charge in [-0.15, -0.1) is 0 Å². The largest absolute Gasteiger partial charge is 0.466 e. The van der Waals surface area contributed by atoms with Gasteiger partial charge in [0.25, 0.3) is 0 Å². The lowest BCUT2D eigenvalue weighted by Gasteiger charge is -2.29. The molecule has 0 spiro atoms. The summed E-state index contributed by atoms with van der Waals surface area (Å²) in [5.41, 5.74) is 11.0. The monoisotopic (exact) mass is 562 g/mol. The summed E-state index contributed by atoms with van der Waals surface area (Å²) in [6.45, 7) is 12.6. The van der Waals surface area contributed by atoms with Crippen LogP contribution in [0.3, 0.4) is 0 Å². The number of ether oxygens (including phenoxy) is 2. The minimum atomic E-state index is -0.690. The van der Waals surface area contributed by atoms with Gasteiger partial charge in [-0.1, -0.05) is 25.2 Å². The van der Waals surface area contributed by atoms with Crippen molar-refractivity contribution < 1.29 is 23.9 Å². The molecule has 0 aliphatic carbocycles. The summed E-state index contributed by atoms with van der Waals surface area (Å²) in [6.07, 6.45) is 1.17. The van der Waals surface area contributed by atoms with E-state index in [2.05, 4.69) is 22.2 Å². The molecule has 0 atom stereocenters. The molecule has 2 aromatic rings. The fourth-order valence-electron chi connectivity index (χ4n) is 4.00. The number of rotatable bonds is 12. The molecule has 2 amide bonds. The third kappa shape index (κ3) is 10.6. The van der Waals surface area contributed by atoms with E-state index < -0.39 is 6.09 Å². The number of amidine groups is 1. The van der Waals surface area contributed by atoms with Crippen molar-refractivity contribution in [2.45, 2.75) is 73.3 Å². The Labute approximate surface area is 243 Å². The summed E-state index contributed by atoms with van der Waals surface area (Å²) in [5.74, 6) is 5.96. The number of nitrogens with zero attached hydrogens (tertiary/aromatic N) is 2. The minimum Gasteiger partial charge on any atom is -0.466 e. The Morgan fingerprint density at radius 1 is 1.02 bits per heavy atom. The van der Waals surface area contributed by atoms with Crippen LogP contribution in [-0.4, -0.2) is 49.6 Å². The van der Waals surface area contributed by atoms with E-state index >= 15 is 0 Å². The van der Waals surface area contributed by atoms with E-state index in [0.717, 1.165) is 40.9 Å². The Hall–Kier alpha value is -4.32. The van der Waals surface area contributed by atoms with Gasteiger partial charge in [0, 0.05) is 35.0 Å². The molecule has 0 fully saturated rings. The maximum Gasteiger partial charge on any atom is 0.435 e. The van der Waals surface area contributed by atoms with Crippen LogP contribution in [0.5, 0.6) is 0 Å².